The van der Waals surface area contributed by atoms with Gasteiger partial charge in [0.25, 0.3) is 0 Å². The summed E-state index contributed by atoms with van der Waals surface area (Å²) in [5.41, 5.74) is 4.63. The minimum absolute atomic E-state index is 0.171. The fourth-order valence-corrected chi connectivity index (χ4v) is 4.20. The molecule has 0 N–H and O–H groups in total. The maximum atomic E-state index is 12.8. The number of ether oxygens (including phenoxy) is 2. The van der Waals surface area contributed by atoms with Crippen LogP contribution < -0.4 is 9.26 Å². The van der Waals surface area contributed by atoms with Crippen molar-refractivity contribution in [1.82, 2.24) is 0 Å². The number of halogens is 1. The van der Waals surface area contributed by atoms with Gasteiger partial charge in [-0.1, -0.05) is 64.9 Å². The van der Waals surface area contributed by atoms with Crippen molar-refractivity contribution in [3.05, 3.63) is 46.5 Å². The van der Waals surface area contributed by atoms with E-state index in [0.29, 0.717) is 11.5 Å². The van der Waals surface area contributed by atoms with Gasteiger partial charge < -0.3 is 14.0 Å². The summed E-state index contributed by atoms with van der Waals surface area (Å²) in [5, 5.41) is 0. The second-order valence-electron chi connectivity index (χ2n) is 11.6. The lowest BCUT2D eigenvalue weighted by molar-refractivity contribution is 0.0204. The lowest BCUT2D eigenvalue weighted by Crippen LogP contribution is -2.27. The molecule has 2 aromatic rings. The van der Waals surface area contributed by atoms with Crippen molar-refractivity contribution >= 4 is 25.6 Å². The average Bonchev–Trinajstić information content (AvgIpc) is 2.60. The highest BCUT2D eigenvalue weighted by Crippen LogP contribution is 2.48. The van der Waals surface area contributed by atoms with Crippen molar-refractivity contribution in [2.24, 2.45) is 0 Å². The third-order valence-electron chi connectivity index (χ3n) is 5.09. The third kappa shape index (κ3) is 7.11. The minimum Gasteiger partial charge on any atom is -0.460 e. The van der Waals surface area contributed by atoms with Crippen LogP contribution >= 0.6 is 19.4 Å². The van der Waals surface area contributed by atoms with Crippen LogP contribution in [0.25, 0.3) is 11.1 Å². The number of hydrogen-bond acceptors (Lipinski definition) is 4. The summed E-state index contributed by atoms with van der Waals surface area (Å²) in [6, 6.07) is 8.28. The Hall–Kier alpha value is -1.77. The number of carbonyl (C=O) groups is 1. The zero-order valence-electron chi connectivity index (χ0n) is 21.8. The van der Waals surface area contributed by atoms with Crippen LogP contribution in [0.3, 0.4) is 0 Å². The van der Waals surface area contributed by atoms with E-state index in [-0.39, 0.29) is 19.0 Å². The first kappa shape index (κ1) is 27.5. The Morgan fingerprint density at radius 2 is 1.18 bits per heavy atom. The van der Waals surface area contributed by atoms with E-state index < -0.39 is 11.8 Å². The number of benzene rings is 2. The van der Waals surface area contributed by atoms with E-state index in [9.17, 15) is 4.79 Å². The number of carbonyl (C=O) groups excluding carboxylic acids is 1. The number of hydrogen-bond donors (Lipinski definition) is 0. The SMILES string of the molecule is Cc1cc(-c2cc(C)cc(C(C)(C)C)c2OC(=O)OC(C)(C)C)c(OPCl)c(C(C)(C)C)c1. The Morgan fingerprint density at radius 1 is 0.758 bits per heavy atom. The van der Waals surface area contributed by atoms with Crippen LogP contribution in [-0.4, -0.2) is 11.8 Å². The molecule has 0 spiro atoms. The molecule has 2 rings (SSSR count). The highest BCUT2D eigenvalue weighted by atomic mass is 35.7. The first-order chi connectivity index (χ1) is 14.9. The predicted molar refractivity (Wildman–Crippen MR) is 140 cm³/mol. The van der Waals surface area contributed by atoms with E-state index >= 15 is 0 Å². The van der Waals surface area contributed by atoms with Crippen LogP contribution in [0.15, 0.2) is 24.3 Å². The van der Waals surface area contributed by atoms with Gasteiger partial charge in [-0.2, -0.15) is 0 Å². The van der Waals surface area contributed by atoms with E-state index in [1.54, 1.807) is 0 Å². The van der Waals surface area contributed by atoms with Gasteiger partial charge in [0.05, 0.1) is 0 Å². The monoisotopic (exact) mass is 492 g/mol. The molecule has 0 aromatic heterocycles. The summed E-state index contributed by atoms with van der Waals surface area (Å²) in [4.78, 5) is 12.8. The second-order valence-corrected chi connectivity index (χ2v) is 12.4. The fourth-order valence-electron chi connectivity index (χ4n) is 3.67. The molecule has 4 nitrogen and oxygen atoms in total. The minimum atomic E-state index is -0.733. The molecule has 2 aromatic carbocycles. The van der Waals surface area contributed by atoms with Crippen molar-refractivity contribution < 1.29 is 18.8 Å². The zero-order chi connectivity index (χ0) is 25.4. The molecule has 0 saturated heterocycles. The normalized spacial score (nSPS) is 12.8. The van der Waals surface area contributed by atoms with Crippen LogP contribution in [0, 0.1) is 13.8 Å². The molecule has 0 amide bonds. The molecule has 0 aliphatic heterocycles. The summed E-state index contributed by atoms with van der Waals surface area (Å²) in [7, 11) is -0.243. The Kier molecular flexibility index (Phi) is 8.19. The molecule has 1 unspecified atom stereocenters. The van der Waals surface area contributed by atoms with Crippen LogP contribution in [0.5, 0.6) is 11.5 Å². The van der Waals surface area contributed by atoms with Gasteiger partial charge in [-0.05, 0) is 68.7 Å². The highest BCUT2D eigenvalue weighted by Gasteiger charge is 2.30. The van der Waals surface area contributed by atoms with Gasteiger partial charge in [-0.25, -0.2) is 4.79 Å². The Morgan fingerprint density at radius 3 is 1.58 bits per heavy atom. The standard InChI is InChI=1S/C27H38ClO4P/c1-16-12-18(19-13-17(2)15-21(26(6,7)8)23(19)32-33-28)22(20(14-16)25(3,4)5)30-24(29)31-27(9,10)11/h12-15,33H,1-11H3. The van der Waals surface area contributed by atoms with Gasteiger partial charge in [0.2, 0.25) is 0 Å². The van der Waals surface area contributed by atoms with E-state index in [4.69, 9.17) is 25.2 Å². The van der Waals surface area contributed by atoms with Gasteiger partial charge in [0.1, 0.15) is 17.1 Å². The molecule has 0 fully saturated rings. The van der Waals surface area contributed by atoms with Crippen molar-refractivity contribution in [3.63, 3.8) is 0 Å². The van der Waals surface area contributed by atoms with Gasteiger partial charge in [-0.15, -0.1) is 0 Å². The van der Waals surface area contributed by atoms with Crippen LogP contribution in [0.2, 0.25) is 0 Å². The largest absolute Gasteiger partial charge is 0.514 e. The number of aryl methyl sites for hydroxylation is 2. The van der Waals surface area contributed by atoms with E-state index in [1.165, 1.54) is 0 Å². The molecular weight excluding hydrogens is 455 g/mol. The summed E-state index contributed by atoms with van der Waals surface area (Å²) in [6.45, 7) is 22.3. The Labute approximate surface area is 206 Å². The fraction of sp³-hybridized carbons (Fsp3) is 0.519. The topological polar surface area (TPSA) is 44.8 Å². The molecule has 1 atom stereocenters. The van der Waals surface area contributed by atoms with E-state index in [2.05, 4.69) is 66.7 Å². The first-order valence-electron chi connectivity index (χ1n) is 11.2. The van der Waals surface area contributed by atoms with Gasteiger partial charge in [-0.3, -0.25) is 0 Å². The van der Waals surface area contributed by atoms with E-state index in [0.717, 1.165) is 33.4 Å². The van der Waals surface area contributed by atoms with Crippen molar-refractivity contribution in [2.45, 2.75) is 92.6 Å². The third-order valence-corrected chi connectivity index (χ3v) is 5.60. The summed E-state index contributed by atoms with van der Waals surface area (Å²) >= 11 is 6.09. The zero-order valence-corrected chi connectivity index (χ0v) is 23.6. The lowest BCUT2D eigenvalue weighted by Gasteiger charge is -2.28. The summed E-state index contributed by atoms with van der Waals surface area (Å²) < 4.78 is 17.5. The summed E-state index contributed by atoms with van der Waals surface area (Å²) in [6.07, 6.45) is -0.733. The molecular formula is C27H38ClO4P. The van der Waals surface area contributed by atoms with Crippen LogP contribution in [0.1, 0.15) is 84.6 Å². The van der Waals surface area contributed by atoms with Gasteiger partial charge in [0, 0.05) is 22.3 Å². The predicted octanol–water partition coefficient (Wildman–Crippen LogP) is 9.01. The molecule has 0 bridgehead atoms. The molecule has 0 aliphatic rings. The molecule has 33 heavy (non-hydrogen) atoms. The van der Waals surface area contributed by atoms with Gasteiger partial charge >= 0.3 is 6.16 Å². The van der Waals surface area contributed by atoms with Crippen molar-refractivity contribution in [3.8, 4) is 22.6 Å². The highest BCUT2D eigenvalue weighted by molar-refractivity contribution is 7.64. The Bertz CT molecular complexity index is 1020. The first-order valence-corrected chi connectivity index (χ1v) is 13.1. The van der Waals surface area contributed by atoms with E-state index in [1.807, 2.05) is 33.8 Å². The number of rotatable bonds is 4. The smallest absolute Gasteiger partial charge is 0.460 e. The molecule has 6 heteroatoms. The maximum Gasteiger partial charge on any atom is 0.514 e. The van der Waals surface area contributed by atoms with Gasteiger partial charge in [0.15, 0.2) is 8.16 Å². The van der Waals surface area contributed by atoms with Crippen LogP contribution in [0.4, 0.5) is 4.79 Å². The maximum absolute atomic E-state index is 12.8. The Balaban J connectivity index is 2.91. The van der Waals surface area contributed by atoms with Crippen LogP contribution in [-0.2, 0) is 15.6 Å². The van der Waals surface area contributed by atoms with Crippen molar-refractivity contribution in [2.75, 3.05) is 0 Å². The lowest BCUT2D eigenvalue weighted by atomic mass is 9.80. The molecule has 0 saturated carbocycles. The second kappa shape index (κ2) is 9.84. The molecule has 0 aliphatic carbocycles. The molecule has 0 heterocycles. The average molecular weight is 493 g/mol. The quantitative estimate of drug-likeness (QED) is 0.242. The van der Waals surface area contributed by atoms with Crippen molar-refractivity contribution in [1.29, 1.82) is 0 Å². The summed E-state index contributed by atoms with van der Waals surface area (Å²) in [5.74, 6) is 1.19. The molecule has 0 radical (unpaired) electrons. The molecule has 182 valence electrons.